The number of anilines is 2. The molecule has 2 rings (SSSR count). The van der Waals surface area contributed by atoms with Gasteiger partial charge in [0.25, 0.3) is 0 Å². The van der Waals surface area contributed by atoms with Crippen molar-refractivity contribution in [3.05, 3.63) is 11.9 Å². The SMILES string of the molecule is CCOCc1nc(N)cc(N2CCC(C)(O)CC2)n1. The molecule has 0 unspecified atom stereocenters. The number of nitrogens with two attached hydrogens (primary N) is 1. The highest BCUT2D eigenvalue weighted by atomic mass is 16.5. The second-order valence-electron chi connectivity index (χ2n) is 5.19. The fourth-order valence-electron chi connectivity index (χ4n) is 2.14. The molecule has 2 heterocycles. The molecule has 106 valence electrons. The van der Waals surface area contributed by atoms with Crippen LogP contribution in [0.4, 0.5) is 11.6 Å². The summed E-state index contributed by atoms with van der Waals surface area (Å²) in [6.07, 6.45) is 1.47. The summed E-state index contributed by atoms with van der Waals surface area (Å²) in [6.45, 7) is 6.36. The average molecular weight is 266 g/mol. The monoisotopic (exact) mass is 266 g/mol. The van der Waals surface area contributed by atoms with Crippen LogP contribution in [0.25, 0.3) is 0 Å². The lowest BCUT2D eigenvalue weighted by atomic mass is 9.94. The maximum Gasteiger partial charge on any atom is 0.158 e. The van der Waals surface area contributed by atoms with E-state index in [9.17, 15) is 5.11 Å². The van der Waals surface area contributed by atoms with Crippen molar-refractivity contribution in [2.45, 2.75) is 38.9 Å². The first-order valence-corrected chi connectivity index (χ1v) is 6.69. The molecule has 0 bridgehead atoms. The molecule has 1 saturated heterocycles. The van der Waals surface area contributed by atoms with Crippen molar-refractivity contribution in [2.75, 3.05) is 30.3 Å². The standard InChI is InChI=1S/C13H22N4O2/c1-3-19-9-11-15-10(14)8-12(16-11)17-6-4-13(2,18)5-7-17/h8,18H,3-7,9H2,1-2H3,(H2,14,15,16). The molecule has 19 heavy (non-hydrogen) atoms. The summed E-state index contributed by atoms with van der Waals surface area (Å²) >= 11 is 0. The number of nitrogens with zero attached hydrogens (tertiary/aromatic N) is 3. The fourth-order valence-corrected chi connectivity index (χ4v) is 2.14. The van der Waals surface area contributed by atoms with Gasteiger partial charge in [0.15, 0.2) is 5.82 Å². The second-order valence-corrected chi connectivity index (χ2v) is 5.19. The number of piperidine rings is 1. The van der Waals surface area contributed by atoms with Crippen molar-refractivity contribution < 1.29 is 9.84 Å². The molecule has 1 aromatic heterocycles. The van der Waals surface area contributed by atoms with Crippen molar-refractivity contribution in [3.8, 4) is 0 Å². The van der Waals surface area contributed by atoms with Gasteiger partial charge in [0, 0.05) is 25.8 Å². The van der Waals surface area contributed by atoms with Crippen LogP contribution >= 0.6 is 0 Å². The maximum absolute atomic E-state index is 9.96. The molecule has 1 aromatic rings. The van der Waals surface area contributed by atoms with E-state index < -0.39 is 5.60 Å². The van der Waals surface area contributed by atoms with Crippen molar-refractivity contribution >= 4 is 11.6 Å². The molecular weight excluding hydrogens is 244 g/mol. The summed E-state index contributed by atoms with van der Waals surface area (Å²) in [6, 6.07) is 1.77. The van der Waals surface area contributed by atoms with Crippen molar-refractivity contribution in [2.24, 2.45) is 0 Å². The lowest BCUT2D eigenvalue weighted by molar-refractivity contribution is 0.0350. The zero-order valence-corrected chi connectivity index (χ0v) is 11.6. The molecule has 0 aliphatic carbocycles. The topological polar surface area (TPSA) is 84.5 Å². The van der Waals surface area contributed by atoms with E-state index in [0.717, 1.165) is 31.7 Å². The van der Waals surface area contributed by atoms with Crippen LogP contribution in [0.2, 0.25) is 0 Å². The number of hydrogen-bond acceptors (Lipinski definition) is 6. The van der Waals surface area contributed by atoms with E-state index in [4.69, 9.17) is 10.5 Å². The minimum atomic E-state index is -0.566. The number of hydrogen-bond donors (Lipinski definition) is 2. The third kappa shape index (κ3) is 3.78. The van der Waals surface area contributed by atoms with Crippen LogP contribution < -0.4 is 10.6 Å². The Bertz CT molecular complexity index is 427. The molecule has 6 nitrogen and oxygen atoms in total. The van der Waals surface area contributed by atoms with Crippen LogP contribution in [0, 0.1) is 0 Å². The molecule has 3 N–H and O–H groups in total. The molecule has 1 aliphatic rings. The van der Waals surface area contributed by atoms with Crippen LogP contribution in [-0.4, -0.2) is 40.4 Å². The fraction of sp³-hybridized carbons (Fsp3) is 0.692. The first-order valence-electron chi connectivity index (χ1n) is 6.69. The summed E-state index contributed by atoms with van der Waals surface area (Å²) in [4.78, 5) is 10.8. The van der Waals surface area contributed by atoms with Gasteiger partial charge in [0.1, 0.15) is 18.2 Å². The first-order chi connectivity index (χ1) is 9.00. The Morgan fingerprint density at radius 3 is 2.74 bits per heavy atom. The Kier molecular flexibility index (Phi) is 4.21. The highest BCUT2D eigenvalue weighted by molar-refractivity contribution is 5.47. The molecule has 0 saturated carbocycles. The minimum absolute atomic E-state index is 0.375. The molecule has 6 heteroatoms. The van der Waals surface area contributed by atoms with Crippen molar-refractivity contribution in [3.63, 3.8) is 0 Å². The van der Waals surface area contributed by atoms with Crippen LogP contribution in [0.5, 0.6) is 0 Å². The van der Waals surface area contributed by atoms with E-state index in [1.165, 1.54) is 0 Å². The Balaban J connectivity index is 2.09. The van der Waals surface area contributed by atoms with Gasteiger partial charge in [-0.2, -0.15) is 0 Å². The van der Waals surface area contributed by atoms with Gasteiger partial charge in [-0.25, -0.2) is 9.97 Å². The zero-order chi connectivity index (χ0) is 13.9. The van der Waals surface area contributed by atoms with Crippen molar-refractivity contribution in [1.82, 2.24) is 9.97 Å². The average Bonchev–Trinajstić information content (AvgIpc) is 2.35. The Morgan fingerprint density at radius 1 is 1.42 bits per heavy atom. The number of aliphatic hydroxyl groups is 1. The van der Waals surface area contributed by atoms with Crippen LogP contribution in [-0.2, 0) is 11.3 Å². The number of rotatable bonds is 4. The van der Waals surface area contributed by atoms with Gasteiger partial charge in [-0.15, -0.1) is 0 Å². The Labute approximate surface area is 113 Å². The summed E-state index contributed by atoms with van der Waals surface area (Å²) in [5, 5.41) is 9.96. The van der Waals surface area contributed by atoms with Gasteiger partial charge in [-0.1, -0.05) is 0 Å². The third-order valence-corrected chi connectivity index (χ3v) is 3.38. The predicted molar refractivity (Wildman–Crippen MR) is 73.8 cm³/mol. The van der Waals surface area contributed by atoms with Gasteiger partial charge in [-0.05, 0) is 26.7 Å². The first kappa shape index (κ1) is 14.0. The number of nitrogen functional groups attached to an aromatic ring is 1. The van der Waals surface area contributed by atoms with E-state index in [1.807, 2.05) is 13.8 Å². The van der Waals surface area contributed by atoms with E-state index in [2.05, 4.69) is 14.9 Å². The Morgan fingerprint density at radius 2 is 2.11 bits per heavy atom. The quantitative estimate of drug-likeness (QED) is 0.844. The lowest BCUT2D eigenvalue weighted by Gasteiger charge is -2.36. The molecular formula is C13H22N4O2. The highest BCUT2D eigenvalue weighted by Crippen LogP contribution is 2.25. The van der Waals surface area contributed by atoms with E-state index in [1.54, 1.807) is 6.07 Å². The van der Waals surface area contributed by atoms with Crippen LogP contribution in [0.1, 0.15) is 32.5 Å². The van der Waals surface area contributed by atoms with E-state index in [0.29, 0.717) is 24.9 Å². The summed E-state index contributed by atoms with van der Waals surface area (Å²) in [5.41, 5.74) is 5.24. The van der Waals surface area contributed by atoms with E-state index >= 15 is 0 Å². The molecule has 1 fully saturated rings. The highest BCUT2D eigenvalue weighted by Gasteiger charge is 2.28. The van der Waals surface area contributed by atoms with Gasteiger partial charge >= 0.3 is 0 Å². The van der Waals surface area contributed by atoms with Crippen LogP contribution in [0.15, 0.2) is 6.07 Å². The smallest absolute Gasteiger partial charge is 0.158 e. The van der Waals surface area contributed by atoms with Crippen molar-refractivity contribution in [1.29, 1.82) is 0 Å². The van der Waals surface area contributed by atoms with Gasteiger partial charge in [-0.3, -0.25) is 0 Å². The zero-order valence-electron chi connectivity index (χ0n) is 11.6. The predicted octanol–water partition coefficient (Wildman–Crippen LogP) is 0.946. The Hall–Kier alpha value is -1.40. The minimum Gasteiger partial charge on any atom is -0.390 e. The van der Waals surface area contributed by atoms with Gasteiger partial charge < -0.3 is 20.5 Å². The van der Waals surface area contributed by atoms with Crippen LogP contribution in [0.3, 0.4) is 0 Å². The normalized spacial score (nSPS) is 18.6. The number of aromatic nitrogens is 2. The lowest BCUT2D eigenvalue weighted by Crippen LogP contribution is -2.42. The third-order valence-electron chi connectivity index (χ3n) is 3.38. The molecule has 0 spiro atoms. The molecule has 0 atom stereocenters. The summed E-state index contributed by atoms with van der Waals surface area (Å²) in [7, 11) is 0. The molecule has 0 radical (unpaired) electrons. The maximum atomic E-state index is 9.96. The molecule has 0 aromatic carbocycles. The number of ether oxygens (including phenoxy) is 1. The van der Waals surface area contributed by atoms with Gasteiger partial charge in [0.2, 0.25) is 0 Å². The molecule has 1 aliphatic heterocycles. The van der Waals surface area contributed by atoms with E-state index in [-0.39, 0.29) is 0 Å². The summed E-state index contributed by atoms with van der Waals surface area (Å²) in [5.74, 6) is 1.88. The largest absolute Gasteiger partial charge is 0.390 e. The summed E-state index contributed by atoms with van der Waals surface area (Å²) < 4.78 is 5.31. The second kappa shape index (κ2) is 5.71. The molecule has 0 amide bonds. The van der Waals surface area contributed by atoms with Gasteiger partial charge in [0.05, 0.1) is 5.60 Å².